The van der Waals surface area contributed by atoms with Crippen LogP contribution in [0, 0.1) is 0 Å². The minimum Gasteiger partial charge on any atom is -0.497 e. The van der Waals surface area contributed by atoms with Crippen molar-refractivity contribution in [2.24, 2.45) is 0 Å². The number of thiophene rings is 1. The predicted octanol–water partition coefficient (Wildman–Crippen LogP) is 2.90. The molecule has 4 aromatic heterocycles. The highest BCUT2D eigenvalue weighted by Crippen LogP contribution is 2.36. The molecule has 1 aliphatic rings. The van der Waals surface area contributed by atoms with E-state index in [9.17, 15) is 4.79 Å². The van der Waals surface area contributed by atoms with Gasteiger partial charge in [-0.2, -0.15) is 9.61 Å². The highest BCUT2D eigenvalue weighted by atomic mass is 32.1. The molecule has 0 saturated carbocycles. The number of hydrogen-bond donors (Lipinski definition) is 0. The molecule has 5 heterocycles. The fourth-order valence-electron chi connectivity index (χ4n) is 4.62. The van der Waals surface area contributed by atoms with Crippen LogP contribution in [0.3, 0.4) is 0 Å². The van der Waals surface area contributed by atoms with E-state index in [0.717, 1.165) is 53.3 Å². The van der Waals surface area contributed by atoms with Crippen LogP contribution in [-0.4, -0.2) is 47.7 Å². The van der Waals surface area contributed by atoms with Crippen LogP contribution in [0.5, 0.6) is 5.75 Å². The first-order valence-corrected chi connectivity index (χ1v) is 12.0. The lowest BCUT2D eigenvalue weighted by Crippen LogP contribution is -2.28. The van der Waals surface area contributed by atoms with E-state index in [1.165, 1.54) is 21.3 Å². The van der Waals surface area contributed by atoms with Gasteiger partial charge in [-0.25, -0.2) is 19.7 Å². The van der Waals surface area contributed by atoms with Crippen molar-refractivity contribution in [3.05, 3.63) is 81.4 Å². The van der Waals surface area contributed by atoms with E-state index in [1.54, 1.807) is 30.8 Å². The number of ether oxygens (including phenoxy) is 1. The second-order valence-electron chi connectivity index (χ2n) is 8.38. The Hall–Kier alpha value is -3.63. The van der Waals surface area contributed by atoms with Gasteiger partial charge in [0.25, 0.3) is 0 Å². The number of hydrogen-bond acceptors (Lipinski definition) is 8. The van der Waals surface area contributed by atoms with Gasteiger partial charge in [-0.05, 0) is 48.7 Å². The molecule has 9 nitrogen and oxygen atoms in total. The molecule has 10 heteroatoms. The van der Waals surface area contributed by atoms with Crippen molar-refractivity contribution in [2.75, 3.05) is 13.7 Å². The Bertz CT molecular complexity index is 1520. The van der Waals surface area contributed by atoms with Gasteiger partial charge in [0.2, 0.25) is 0 Å². The zero-order chi connectivity index (χ0) is 23.1. The van der Waals surface area contributed by atoms with Crippen LogP contribution < -0.4 is 10.4 Å². The first-order valence-electron chi connectivity index (χ1n) is 11.2. The lowest BCUT2D eigenvalue weighted by Gasteiger charge is -2.18. The van der Waals surface area contributed by atoms with Crippen LogP contribution >= 0.6 is 11.3 Å². The maximum Gasteiger partial charge on any atom is 0.352 e. The Labute approximate surface area is 199 Å². The number of methoxy groups -OCH3 is 1. The molecule has 1 aliphatic heterocycles. The van der Waals surface area contributed by atoms with E-state index in [2.05, 4.69) is 25.0 Å². The van der Waals surface area contributed by atoms with E-state index >= 15 is 0 Å². The Kier molecular flexibility index (Phi) is 5.31. The van der Waals surface area contributed by atoms with Crippen LogP contribution in [0.1, 0.15) is 28.2 Å². The van der Waals surface area contributed by atoms with E-state index in [4.69, 9.17) is 4.74 Å². The number of fused-ring (bicyclic) bond motifs is 5. The fourth-order valence-corrected chi connectivity index (χ4v) is 6.00. The van der Waals surface area contributed by atoms with Crippen LogP contribution in [0.15, 0.2) is 53.8 Å². The monoisotopic (exact) mass is 473 g/mol. The third-order valence-electron chi connectivity index (χ3n) is 6.25. The molecular formula is C24H23N7O2S. The average Bonchev–Trinajstić information content (AvgIpc) is 3.43. The van der Waals surface area contributed by atoms with Crippen molar-refractivity contribution in [1.82, 2.24) is 34.0 Å². The Morgan fingerprint density at radius 1 is 1.09 bits per heavy atom. The summed E-state index contributed by atoms with van der Waals surface area (Å²) in [5, 5.41) is 5.30. The van der Waals surface area contributed by atoms with Crippen molar-refractivity contribution in [2.45, 2.75) is 32.5 Å². The third kappa shape index (κ3) is 3.64. The summed E-state index contributed by atoms with van der Waals surface area (Å²) >= 11 is 1.69. The molecule has 0 unspecified atom stereocenters. The molecule has 0 N–H and O–H groups in total. The first kappa shape index (κ1) is 20.9. The molecule has 0 bridgehead atoms. The Morgan fingerprint density at radius 3 is 2.71 bits per heavy atom. The van der Waals surface area contributed by atoms with Crippen molar-refractivity contribution in [1.29, 1.82) is 0 Å². The van der Waals surface area contributed by atoms with Gasteiger partial charge in [0.1, 0.15) is 22.7 Å². The van der Waals surface area contributed by atoms with Crippen LogP contribution in [0.25, 0.3) is 15.9 Å². The summed E-state index contributed by atoms with van der Waals surface area (Å²) in [7, 11) is 1.65. The highest BCUT2D eigenvalue weighted by Gasteiger charge is 2.25. The van der Waals surface area contributed by atoms with Gasteiger partial charge in [0, 0.05) is 23.8 Å². The smallest absolute Gasteiger partial charge is 0.352 e. The topological polar surface area (TPSA) is 90.4 Å². The molecule has 5 aromatic rings. The molecule has 0 radical (unpaired) electrons. The number of aryl methyl sites for hydroxylation is 1. The second-order valence-corrected chi connectivity index (χ2v) is 9.46. The minimum atomic E-state index is -0.179. The minimum absolute atomic E-state index is 0.179. The van der Waals surface area contributed by atoms with Crippen LogP contribution in [0.2, 0.25) is 0 Å². The van der Waals surface area contributed by atoms with Crippen molar-refractivity contribution in [3.8, 4) is 5.75 Å². The van der Waals surface area contributed by atoms with Crippen LogP contribution in [0.4, 0.5) is 0 Å². The lowest BCUT2D eigenvalue weighted by molar-refractivity contribution is 0.256. The molecule has 172 valence electrons. The SMILES string of the molecule is COc1ccc(Cn2c(=O)n3ncnc3c3c4c(sc32)CN(Cc2ncccn2)CCC4)cc1. The molecule has 1 aromatic carbocycles. The number of benzene rings is 1. The van der Waals surface area contributed by atoms with E-state index in [-0.39, 0.29) is 5.69 Å². The maximum absolute atomic E-state index is 13.4. The van der Waals surface area contributed by atoms with Crippen molar-refractivity contribution < 1.29 is 4.74 Å². The first-order chi connectivity index (χ1) is 16.7. The summed E-state index contributed by atoms with van der Waals surface area (Å²) < 4.78 is 8.53. The van der Waals surface area contributed by atoms with E-state index in [1.807, 2.05) is 34.9 Å². The van der Waals surface area contributed by atoms with Crippen LogP contribution in [-0.2, 0) is 26.1 Å². The zero-order valence-electron chi connectivity index (χ0n) is 18.7. The molecular weight excluding hydrogens is 450 g/mol. The van der Waals surface area contributed by atoms with Gasteiger partial charge >= 0.3 is 5.69 Å². The van der Waals surface area contributed by atoms with Gasteiger partial charge < -0.3 is 4.74 Å². The standard InChI is InChI=1S/C24H23N7O2S/c1-33-17-7-5-16(6-8-17)12-30-23-21(22-27-15-28-31(22)24(30)32)18-4-2-11-29(13-19(18)34-23)14-20-25-9-3-10-26-20/h3,5-10,15H,2,4,11-14H2,1H3. The maximum atomic E-state index is 13.4. The summed E-state index contributed by atoms with van der Waals surface area (Å²) in [6.07, 6.45) is 6.98. The van der Waals surface area contributed by atoms with Gasteiger partial charge in [-0.1, -0.05) is 12.1 Å². The third-order valence-corrected chi connectivity index (χ3v) is 7.49. The summed E-state index contributed by atoms with van der Waals surface area (Å²) in [6, 6.07) is 9.64. The van der Waals surface area contributed by atoms with Crippen molar-refractivity contribution in [3.63, 3.8) is 0 Å². The zero-order valence-corrected chi connectivity index (χ0v) is 19.5. The van der Waals surface area contributed by atoms with Gasteiger partial charge in [-0.3, -0.25) is 9.47 Å². The quantitative estimate of drug-likeness (QED) is 0.388. The molecule has 0 spiro atoms. The number of rotatable bonds is 5. The summed E-state index contributed by atoms with van der Waals surface area (Å²) in [5.74, 6) is 1.61. The summed E-state index contributed by atoms with van der Waals surface area (Å²) in [6.45, 7) is 2.92. The largest absolute Gasteiger partial charge is 0.497 e. The van der Waals surface area contributed by atoms with E-state index in [0.29, 0.717) is 18.7 Å². The average molecular weight is 474 g/mol. The number of aromatic nitrogens is 6. The highest BCUT2D eigenvalue weighted by molar-refractivity contribution is 7.19. The Morgan fingerprint density at radius 2 is 1.91 bits per heavy atom. The summed E-state index contributed by atoms with van der Waals surface area (Å²) in [4.78, 5) is 31.3. The molecule has 0 saturated heterocycles. The summed E-state index contributed by atoms with van der Waals surface area (Å²) in [5.41, 5.74) is 2.76. The molecule has 6 rings (SSSR count). The fraction of sp³-hybridized carbons (Fsp3) is 0.292. The van der Waals surface area contributed by atoms with Gasteiger partial charge in [-0.15, -0.1) is 11.3 Å². The second kappa shape index (κ2) is 8.62. The molecule has 34 heavy (non-hydrogen) atoms. The normalized spacial score (nSPS) is 14.4. The lowest BCUT2D eigenvalue weighted by atomic mass is 10.1. The molecule has 0 atom stereocenters. The van der Waals surface area contributed by atoms with Crippen molar-refractivity contribution >= 4 is 27.2 Å². The number of nitrogens with zero attached hydrogens (tertiary/aromatic N) is 7. The molecule has 0 fully saturated rings. The van der Waals surface area contributed by atoms with Gasteiger partial charge in [0.05, 0.1) is 25.6 Å². The van der Waals surface area contributed by atoms with E-state index < -0.39 is 0 Å². The predicted molar refractivity (Wildman–Crippen MR) is 129 cm³/mol. The van der Waals surface area contributed by atoms with Gasteiger partial charge in [0.15, 0.2) is 5.65 Å². The Balaban J connectivity index is 1.45. The molecule has 0 amide bonds. The molecule has 0 aliphatic carbocycles.